The number of rotatable bonds is 3. The van der Waals surface area contributed by atoms with Crippen LogP contribution < -0.4 is 0 Å². The fraction of sp³-hybridized carbons (Fsp3) is 0.529. The van der Waals surface area contributed by atoms with Crippen LogP contribution in [-0.4, -0.2) is 45.1 Å². The highest BCUT2D eigenvalue weighted by atomic mass is 16.5. The van der Waals surface area contributed by atoms with Gasteiger partial charge in [-0.05, 0) is 38.8 Å². The molecule has 1 aliphatic carbocycles. The summed E-state index contributed by atoms with van der Waals surface area (Å²) in [5.74, 6) is 1.50. The Balaban J connectivity index is 1.53. The van der Waals surface area contributed by atoms with Gasteiger partial charge in [0.05, 0.1) is 12.6 Å². The second-order valence-corrected chi connectivity index (χ2v) is 6.57. The minimum Gasteiger partial charge on any atom is -0.362 e. The summed E-state index contributed by atoms with van der Waals surface area (Å²) in [6, 6.07) is 3.70. The molecule has 2 fully saturated rings. The Morgan fingerprint density at radius 3 is 2.88 bits per heavy atom. The van der Waals surface area contributed by atoms with Crippen molar-refractivity contribution in [3.05, 3.63) is 41.3 Å². The van der Waals surface area contributed by atoms with Crippen molar-refractivity contribution in [3.63, 3.8) is 0 Å². The number of aromatic nitrogens is 3. The molecule has 0 spiro atoms. The van der Waals surface area contributed by atoms with E-state index < -0.39 is 0 Å². The molecule has 0 aromatic carbocycles. The molecule has 7 nitrogen and oxygen atoms in total. The molecule has 2 aliphatic rings. The Hall–Kier alpha value is -2.28. The topological polar surface area (TPSA) is 81.4 Å². The molecule has 2 atom stereocenters. The largest absolute Gasteiger partial charge is 0.362 e. The number of ether oxygens (including phenoxy) is 1. The first-order chi connectivity index (χ1) is 11.6. The van der Waals surface area contributed by atoms with Crippen molar-refractivity contribution in [1.29, 1.82) is 0 Å². The molecule has 2 aromatic rings. The highest BCUT2D eigenvalue weighted by Gasteiger charge is 2.33. The van der Waals surface area contributed by atoms with E-state index in [1.807, 2.05) is 13.0 Å². The Bertz CT molecular complexity index is 756. The highest BCUT2D eigenvalue weighted by molar-refractivity contribution is 5.94. The molecule has 1 saturated carbocycles. The number of pyridine rings is 1. The normalized spacial score (nSPS) is 24.2. The van der Waals surface area contributed by atoms with Crippen LogP contribution in [0, 0.1) is 6.92 Å². The monoisotopic (exact) mass is 328 g/mol. The van der Waals surface area contributed by atoms with Crippen molar-refractivity contribution in [2.45, 2.75) is 44.8 Å². The molecule has 0 N–H and O–H groups in total. The lowest BCUT2D eigenvalue weighted by atomic mass is 10.1. The molecular formula is C17H20N4O3. The minimum absolute atomic E-state index is 0.00399. The lowest BCUT2D eigenvalue weighted by molar-refractivity contribution is -0.0810. The van der Waals surface area contributed by atoms with Crippen molar-refractivity contribution < 1.29 is 14.1 Å². The minimum atomic E-state index is -0.386. The van der Waals surface area contributed by atoms with Crippen LogP contribution in [0.1, 0.15) is 59.6 Å². The van der Waals surface area contributed by atoms with E-state index in [2.05, 4.69) is 15.1 Å². The number of carbonyl (C=O) groups excluding carboxylic acids is 1. The summed E-state index contributed by atoms with van der Waals surface area (Å²) < 4.78 is 11.1. The molecule has 1 saturated heterocycles. The number of carbonyl (C=O) groups is 1. The standard InChI is InChI=1S/C17H20N4O3/c1-10-8-21(9-15(23-10)16-19-11(2)20-24-16)17(22)13-5-6-18-14(7-13)12-3-4-12/h5-7,10,12,15H,3-4,8-9H2,1-2H3/t10-,15-/m1/s1. The van der Waals surface area contributed by atoms with Crippen LogP contribution in [0.5, 0.6) is 0 Å². The Morgan fingerprint density at radius 1 is 1.33 bits per heavy atom. The third-order valence-electron chi connectivity index (χ3n) is 4.39. The van der Waals surface area contributed by atoms with Gasteiger partial charge in [0, 0.05) is 29.9 Å². The summed E-state index contributed by atoms with van der Waals surface area (Å²) >= 11 is 0. The molecular weight excluding hydrogens is 308 g/mol. The summed E-state index contributed by atoms with van der Waals surface area (Å²) in [6.45, 7) is 4.66. The zero-order valence-corrected chi connectivity index (χ0v) is 13.8. The molecule has 3 heterocycles. The third-order valence-corrected chi connectivity index (χ3v) is 4.39. The Morgan fingerprint density at radius 2 is 2.17 bits per heavy atom. The second kappa shape index (κ2) is 5.98. The van der Waals surface area contributed by atoms with E-state index >= 15 is 0 Å². The maximum Gasteiger partial charge on any atom is 0.257 e. The quantitative estimate of drug-likeness (QED) is 0.859. The first-order valence-corrected chi connectivity index (χ1v) is 8.31. The van der Waals surface area contributed by atoms with Crippen molar-refractivity contribution >= 4 is 5.91 Å². The summed E-state index contributed by atoms with van der Waals surface area (Å²) in [4.78, 5) is 23.3. The van der Waals surface area contributed by atoms with Gasteiger partial charge in [0.1, 0.15) is 0 Å². The van der Waals surface area contributed by atoms with E-state index in [9.17, 15) is 4.79 Å². The average molecular weight is 328 g/mol. The fourth-order valence-electron chi connectivity index (χ4n) is 3.06. The van der Waals surface area contributed by atoms with E-state index in [0.29, 0.717) is 36.3 Å². The van der Waals surface area contributed by atoms with Crippen LogP contribution in [0.25, 0.3) is 0 Å². The fourth-order valence-corrected chi connectivity index (χ4v) is 3.06. The number of amides is 1. The number of hydrogen-bond acceptors (Lipinski definition) is 6. The molecule has 1 aliphatic heterocycles. The Labute approximate surface area is 140 Å². The first kappa shape index (κ1) is 15.3. The van der Waals surface area contributed by atoms with E-state index in [1.165, 1.54) is 0 Å². The van der Waals surface area contributed by atoms with Crippen LogP contribution in [-0.2, 0) is 4.74 Å². The summed E-state index contributed by atoms with van der Waals surface area (Å²) in [7, 11) is 0. The molecule has 126 valence electrons. The smallest absolute Gasteiger partial charge is 0.257 e. The van der Waals surface area contributed by atoms with Gasteiger partial charge in [-0.1, -0.05) is 5.16 Å². The number of hydrogen-bond donors (Lipinski definition) is 0. The molecule has 7 heteroatoms. The van der Waals surface area contributed by atoms with E-state index in [0.717, 1.165) is 18.5 Å². The van der Waals surface area contributed by atoms with Crippen LogP contribution >= 0.6 is 0 Å². The molecule has 24 heavy (non-hydrogen) atoms. The lowest BCUT2D eigenvalue weighted by Gasteiger charge is -2.35. The van der Waals surface area contributed by atoms with Crippen LogP contribution in [0.2, 0.25) is 0 Å². The average Bonchev–Trinajstić information content (AvgIpc) is 3.35. The highest BCUT2D eigenvalue weighted by Crippen LogP contribution is 2.39. The SMILES string of the molecule is Cc1noc([C@H]2CN(C(=O)c3ccnc(C4CC4)c3)C[C@@H](C)O2)n1. The van der Waals surface area contributed by atoms with Crippen molar-refractivity contribution in [3.8, 4) is 0 Å². The van der Waals surface area contributed by atoms with Gasteiger partial charge in [0.25, 0.3) is 11.8 Å². The molecule has 2 aromatic heterocycles. The number of nitrogens with zero attached hydrogens (tertiary/aromatic N) is 4. The third kappa shape index (κ3) is 3.03. The van der Waals surface area contributed by atoms with Crippen LogP contribution in [0.15, 0.2) is 22.9 Å². The molecule has 0 radical (unpaired) electrons. The lowest BCUT2D eigenvalue weighted by Crippen LogP contribution is -2.46. The number of aryl methyl sites for hydroxylation is 1. The van der Waals surface area contributed by atoms with Gasteiger partial charge < -0.3 is 14.2 Å². The predicted molar refractivity (Wildman–Crippen MR) is 84.4 cm³/mol. The summed E-state index contributed by atoms with van der Waals surface area (Å²) in [5.41, 5.74) is 1.70. The van der Waals surface area contributed by atoms with Crippen molar-refractivity contribution in [2.24, 2.45) is 0 Å². The second-order valence-electron chi connectivity index (χ2n) is 6.57. The van der Waals surface area contributed by atoms with Gasteiger partial charge in [-0.15, -0.1) is 0 Å². The number of morpholine rings is 1. The van der Waals surface area contributed by atoms with E-state index in [4.69, 9.17) is 9.26 Å². The van der Waals surface area contributed by atoms with E-state index in [-0.39, 0.29) is 18.1 Å². The Kier molecular flexibility index (Phi) is 3.80. The zero-order chi connectivity index (χ0) is 16.7. The first-order valence-electron chi connectivity index (χ1n) is 8.31. The molecule has 0 bridgehead atoms. The van der Waals surface area contributed by atoms with Gasteiger partial charge >= 0.3 is 0 Å². The molecule has 1 amide bonds. The van der Waals surface area contributed by atoms with Crippen LogP contribution in [0.3, 0.4) is 0 Å². The molecule has 4 rings (SSSR count). The zero-order valence-electron chi connectivity index (χ0n) is 13.8. The van der Waals surface area contributed by atoms with Gasteiger partial charge in [-0.3, -0.25) is 9.78 Å². The van der Waals surface area contributed by atoms with Crippen molar-refractivity contribution in [1.82, 2.24) is 20.0 Å². The maximum absolute atomic E-state index is 12.9. The van der Waals surface area contributed by atoms with Gasteiger partial charge in [-0.25, -0.2) is 0 Å². The van der Waals surface area contributed by atoms with Gasteiger partial charge in [0.2, 0.25) is 0 Å². The van der Waals surface area contributed by atoms with Gasteiger partial charge in [-0.2, -0.15) is 4.98 Å². The van der Waals surface area contributed by atoms with Crippen molar-refractivity contribution in [2.75, 3.05) is 13.1 Å². The summed E-state index contributed by atoms with van der Waals surface area (Å²) in [5, 5.41) is 3.81. The molecule has 0 unspecified atom stereocenters. The van der Waals surface area contributed by atoms with Gasteiger partial charge in [0.15, 0.2) is 11.9 Å². The summed E-state index contributed by atoms with van der Waals surface area (Å²) in [6.07, 6.45) is 3.58. The van der Waals surface area contributed by atoms with E-state index in [1.54, 1.807) is 24.1 Å². The predicted octanol–water partition coefficient (Wildman–Crippen LogP) is 2.25. The maximum atomic E-state index is 12.9. The van der Waals surface area contributed by atoms with Crippen LogP contribution in [0.4, 0.5) is 0 Å².